The monoisotopic (exact) mass is 285 g/mol. The average Bonchev–Trinajstić information content (AvgIpc) is 2.73. The van der Waals surface area contributed by atoms with E-state index in [0.717, 1.165) is 12.8 Å². The third-order valence-electron chi connectivity index (χ3n) is 2.69. The van der Waals surface area contributed by atoms with E-state index in [1.165, 1.54) is 12.0 Å². The van der Waals surface area contributed by atoms with Crippen LogP contribution in [-0.2, 0) is 17.9 Å². The molecule has 0 saturated carbocycles. The van der Waals surface area contributed by atoms with Gasteiger partial charge in [0, 0.05) is 27.7 Å². The van der Waals surface area contributed by atoms with Crippen LogP contribution in [0.2, 0.25) is 0 Å². The van der Waals surface area contributed by atoms with Crippen LogP contribution in [0.3, 0.4) is 0 Å². The first-order valence-electron chi connectivity index (χ1n) is 6.56. The standard InChI is InChI=1S/C13H23N3O4/c1-6-7-8-16-12(20-13(17)15(2)3)11(19-5)10(14-16)9-18-4/h6-9H2,1-5H3. The predicted molar refractivity (Wildman–Crippen MR) is 74.1 cm³/mol. The highest BCUT2D eigenvalue weighted by Gasteiger charge is 2.23. The summed E-state index contributed by atoms with van der Waals surface area (Å²) in [4.78, 5) is 13.1. The zero-order valence-electron chi connectivity index (χ0n) is 12.8. The van der Waals surface area contributed by atoms with E-state index in [1.54, 1.807) is 25.9 Å². The topological polar surface area (TPSA) is 65.8 Å². The fourth-order valence-electron chi connectivity index (χ4n) is 1.65. The Hall–Kier alpha value is -1.76. The Labute approximate surface area is 119 Å². The maximum atomic E-state index is 11.7. The van der Waals surface area contributed by atoms with E-state index in [2.05, 4.69) is 12.0 Å². The molecule has 0 spiro atoms. The summed E-state index contributed by atoms with van der Waals surface area (Å²) in [6, 6.07) is 0. The summed E-state index contributed by atoms with van der Waals surface area (Å²) < 4.78 is 17.4. The highest BCUT2D eigenvalue weighted by molar-refractivity contribution is 5.70. The van der Waals surface area contributed by atoms with Crippen LogP contribution in [0.25, 0.3) is 0 Å². The van der Waals surface area contributed by atoms with E-state index in [9.17, 15) is 4.79 Å². The first-order chi connectivity index (χ1) is 9.54. The summed E-state index contributed by atoms with van der Waals surface area (Å²) in [6.45, 7) is 3.05. The zero-order chi connectivity index (χ0) is 15.1. The van der Waals surface area contributed by atoms with Crippen LogP contribution in [-0.4, -0.2) is 49.1 Å². The van der Waals surface area contributed by atoms with Crippen LogP contribution < -0.4 is 9.47 Å². The number of hydrogen-bond acceptors (Lipinski definition) is 5. The van der Waals surface area contributed by atoms with Crippen molar-refractivity contribution < 1.29 is 19.0 Å². The molecule has 0 unspecified atom stereocenters. The van der Waals surface area contributed by atoms with E-state index < -0.39 is 6.09 Å². The van der Waals surface area contributed by atoms with E-state index in [0.29, 0.717) is 30.5 Å². The van der Waals surface area contributed by atoms with Crippen LogP contribution in [0.4, 0.5) is 4.79 Å². The molecule has 0 radical (unpaired) electrons. The van der Waals surface area contributed by atoms with Gasteiger partial charge in [-0.15, -0.1) is 0 Å². The Morgan fingerprint density at radius 3 is 2.55 bits per heavy atom. The molecule has 0 aliphatic rings. The second-order valence-corrected chi connectivity index (χ2v) is 4.56. The van der Waals surface area contributed by atoms with E-state index in [1.807, 2.05) is 0 Å². The number of rotatable bonds is 7. The Kier molecular flexibility index (Phi) is 6.30. The number of ether oxygens (including phenoxy) is 3. The number of hydrogen-bond donors (Lipinski definition) is 0. The Morgan fingerprint density at radius 2 is 2.05 bits per heavy atom. The van der Waals surface area contributed by atoms with Gasteiger partial charge in [-0.2, -0.15) is 5.10 Å². The molecule has 0 atom stereocenters. The summed E-state index contributed by atoms with van der Waals surface area (Å²) in [5.41, 5.74) is 0.618. The number of unbranched alkanes of at least 4 members (excludes halogenated alkanes) is 1. The largest absolute Gasteiger partial charge is 0.490 e. The lowest BCUT2D eigenvalue weighted by Crippen LogP contribution is -2.26. The van der Waals surface area contributed by atoms with Gasteiger partial charge in [-0.1, -0.05) is 13.3 Å². The summed E-state index contributed by atoms with van der Waals surface area (Å²) in [6.07, 6.45) is 1.48. The van der Waals surface area contributed by atoms with Crippen molar-refractivity contribution in [1.82, 2.24) is 14.7 Å². The highest BCUT2D eigenvalue weighted by atomic mass is 16.6. The number of carbonyl (C=O) groups excluding carboxylic acids is 1. The van der Waals surface area contributed by atoms with E-state index in [-0.39, 0.29) is 0 Å². The fourth-order valence-corrected chi connectivity index (χ4v) is 1.65. The first-order valence-corrected chi connectivity index (χ1v) is 6.56. The number of methoxy groups -OCH3 is 2. The van der Waals surface area contributed by atoms with Gasteiger partial charge in [-0.05, 0) is 6.42 Å². The smallest absolute Gasteiger partial charge is 0.416 e. The van der Waals surface area contributed by atoms with Crippen molar-refractivity contribution in [2.24, 2.45) is 0 Å². The van der Waals surface area contributed by atoms with Gasteiger partial charge in [0.05, 0.1) is 13.7 Å². The van der Waals surface area contributed by atoms with Crippen molar-refractivity contribution in [2.75, 3.05) is 28.3 Å². The molecule has 0 aliphatic heterocycles. The van der Waals surface area contributed by atoms with Crippen molar-refractivity contribution in [1.29, 1.82) is 0 Å². The summed E-state index contributed by atoms with van der Waals surface area (Å²) >= 11 is 0. The van der Waals surface area contributed by atoms with Crippen molar-refractivity contribution in [3.63, 3.8) is 0 Å². The van der Waals surface area contributed by atoms with Crippen LogP contribution in [0.1, 0.15) is 25.5 Å². The predicted octanol–water partition coefficient (Wildman–Crippen LogP) is 1.90. The molecule has 0 saturated heterocycles. The third kappa shape index (κ3) is 3.86. The molecule has 0 fully saturated rings. The second-order valence-electron chi connectivity index (χ2n) is 4.56. The molecule has 1 heterocycles. The molecule has 1 rings (SSSR count). The van der Waals surface area contributed by atoms with Gasteiger partial charge >= 0.3 is 6.09 Å². The molecular formula is C13H23N3O4. The summed E-state index contributed by atoms with van der Waals surface area (Å²) in [5.74, 6) is 0.768. The molecule has 20 heavy (non-hydrogen) atoms. The molecule has 1 aromatic heterocycles. The first kappa shape index (κ1) is 16.3. The molecule has 0 bridgehead atoms. The summed E-state index contributed by atoms with van der Waals surface area (Å²) in [7, 11) is 6.35. The lowest BCUT2D eigenvalue weighted by molar-refractivity contribution is 0.164. The Morgan fingerprint density at radius 1 is 1.35 bits per heavy atom. The van der Waals surface area contributed by atoms with Crippen LogP contribution in [0, 0.1) is 0 Å². The second kappa shape index (κ2) is 7.74. The van der Waals surface area contributed by atoms with Gasteiger partial charge in [0.2, 0.25) is 5.75 Å². The van der Waals surface area contributed by atoms with Crippen molar-refractivity contribution in [3.8, 4) is 11.6 Å². The molecule has 7 nitrogen and oxygen atoms in total. The lowest BCUT2D eigenvalue weighted by Gasteiger charge is -2.13. The molecule has 114 valence electrons. The number of aryl methyl sites for hydroxylation is 1. The maximum absolute atomic E-state index is 11.7. The Balaban J connectivity index is 3.09. The molecular weight excluding hydrogens is 262 g/mol. The van der Waals surface area contributed by atoms with Gasteiger partial charge in [0.15, 0.2) is 0 Å². The molecule has 1 aromatic rings. The SMILES string of the molecule is CCCCn1nc(COC)c(OC)c1OC(=O)N(C)C. The molecule has 7 heteroatoms. The van der Waals surface area contributed by atoms with Gasteiger partial charge in [-0.3, -0.25) is 0 Å². The highest BCUT2D eigenvalue weighted by Crippen LogP contribution is 2.32. The third-order valence-corrected chi connectivity index (χ3v) is 2.69. The molecule has 0 aliphatic carbocycles. The fraction of sp³-hybridized carbons (Fsp3) is 0.692. The minimum absolute atomic E-state index is 0.300. The summed E-state index contributed by atoms with van der Waals surface area (Å²) in [5, 5.41) is 4.39. The average molecular weight is 285 g/mol. The van der Waals surface area contributed by atoms with E-state index >= 15 is 0 Å². The lowest BCUT2D eigenvalue weighted by atomic mass is 10.3. The van der Waals surface area contributed by atoms with Gasteiger partial charge < -0.3 is 19.1 Å². The van der Waals surface area contributed by atoms with Crippen LogP contribution in [0.5, 0.6) is 11.6 Å². The van der Waals surface area contributed by atoms with Gasteiger partial charge in [-0.25, -0.2) is 9.48 Å². The van der Waals surface area contributed by atoms with Crippen molar-refractivity contribution in [2.45, 2.75) is 32.9 Å². The van der Waals surface area contributed by atoms with Crippen LogP contribution >= 0.6 is 0 Å². The molecule has 0 aromatic carbocycles. The minimum Gasteiger partial charge on any atom is -0.490 e. The normalized spacial score (nSPS) is 10.4. The van der Waals surface area contributed by atoms with Crippen molar-refractivity contribution >= 4 is 6.09 Å². The van der Waals surface area contributed by atoms with Crippen LogP contribution in [0.15, 0.2) is 0 Å². The van der Waals surface area contributed by atoms with E-state index in [4.69, 9.17) is 14.2 Å². The molecule has 0 N–H and O–H groups in total. The number of amides is 1. The number of carbonyl (C=O) groups is 1. The number of nitrogens with zero attached hydrogens (tertiary/aromatic N) is 3. The molecule has 1 amide bonds. The zero-order valence-corrected chi connectivity index (χ0v) is 12.8. The van der Waals surface area contributed by atoms with Gasteiger partial charge in [0.1, 0.15) is 5.69 Å². The maximum Gasteiger partial charge on any atom is 0.416 e. The quantitative estimate of drug-likeness (QED) is 0.765. The minimum atomic E-state index is -0.468. The number of aromatic nitrogens is 2. The van der Waals surface area contributed by atoms with Gasteiger partial charge in [0.25, 0.3) is 5.88 Å². The van der Waals surface area contributed by atoms with Crippen molar-refractivity contribution in [3.05, 3.63) is 5.69 Å². The Bertz CT molecular complexity index is 443.